The standard InChI is InChI=1S/C9H15N3O3/c1-6(5-13)3-12-8(14)7(10)4-11(2)9(12)15/h4,6,13H,3,5,10H2,1-2H3. The van der Waals surface area contributed by atoms with E-state index < -0.39 is 11.2 Å². The largest absolute Gasteiger partial charge is 0.396 e. The van der Waals surface area contributed by atoms with Gasteiger partial charge in [-0.2, -0.15) is 0 Å². The molecule has 6 nitrogen and oxygen atoms in total. The third-order valence-corrected chi connectivity index (χ3v) is 2.16. The maximum absolute atomic E-state index is 11.6. The summed E-state index contributed by atoms with van der Waals surface area (Å²) in [6, 6.07) is 0. The fourth-order valence-corrected chi connectivity index (χ4v) is 1.28. The van der Waals surface area contributed by atoms with Gasteiger partial charge in [0.25, 0.3) is 5.56 Å². The Balaban J connectivity index is 3.28. The van der Waals surface area contributed by atoms with Gasteiger partial charge in [0, 0.05) is 26.4 Å². The number of aromatic nitrogens is 2. The van der Waals surface area contributed by atoms with E-state index in [1.54, 1.807) is 6.92 Å². The van der Waals surface area contributed by atoms with E-state index in [4.69, 9.17) is 10.8 Å². The number of anilines is 1. The van der Waals surface area contributed by atoms with Gasteiger partial charge in [-0.3, -0.25) is 9.36 Å². The second kappa shape index (κ2) is 4.31. The highest BCUT2D eigenvalue weighted by molar-refractivity contribution is 5.30. The van der Waals surface area contributed by atoms with Gasteiger partial charge in [0.15, 0.2) is 0 Å². The van der Waals surface area contributed by atoms with Gasteiger partial charge >= 0.3 is 5.69 Å². The zero-order valence-electron chi connectivity index (χ0n) is 8.80. The summed E-state index contributed by atoms with van der Waals surface area (Å²) < 4.78 is 2.29. The number of aliphatic hydroxyl groups is 1. The van der Waals surface area contributed by atoms with Gasteiger partial charge in [-0.25, -0.2) is 4.79 Å². The number of rotatable bonds is 3. The number of nitrogen functional groups attached to an aromatic ring is 1. The molecule has 0 bridgehead atoms. The lowest BCUT2D eigenvalue weighted by Crippen LogP contribution is -2.41. The van der Waals surface area contributed by atoms with Crippen LogP contribution in [-0.4, -0.2) is 20.8 Å². The first-order chi connectivity index (χ1) is 6.97. The van der Waals surface area contributed by atoms with Gasteiger partial charge in [-0.15, -0.1) is 0 Å². The summed E-state index contributed by atoms with van der Waals surface area (Å²) in [7, 11) is 1.53. The van der Waals surface area contributed by atoms with Gasteiger partial charge in [0.1, 0.15) is 5.69 Å². The minimum atomic E-state index is -0.501. The normalized spacial score (nSPS) is 12.7. The van der Waals surface area contributed by atoms with Crippen LogP contribution in [0.2, 0.25) is 0 Å². The Kier molecular flexibility index (Phi) is 3.31. The van der Waals surface area contributed by atoms with E-state index in [1.165, 1.54) is 17.8 Å². The third kappa shape index (κ3) is 2.27. The van der Waals surface area contributed by atoms with Crippen molar-refractivity contribution in [1.29, 1.82) is 0 Å². The van der Waals surface area contributed by atoms with Crippen molar-refractivity contribution in [2.75, 3.05) is 12.3 Å². The van der Waals surface area contributed by atoms with E-state index in [0.29, 0.717) is 0 Å². The molecule has 1 unspecified atom stereocenters. The highest BCUT2D eigenvalue weighted by Crippen LogP contribution is 1.95. The molecule has 15 heavy (non-hydrogen) atoms. The smallest absolute Gasteiger partial charge is 0.330 e. The number of nitrogens with two attached hydrogens (primary N) is 1. The lowest BCUT2D eigenvalue weighted by atomic mass is 10.2. The SMILES string of the molecule is CC(CO)Cn1c(=O)c(N)cn(C)c1=O. The zero-order valence-corrected chi connectivity index (χ0v) is 8.80. The predicted octanol–water partition coefficient (Wildman–Crippen LogP) is -1.24. The van der Waals surface area contributed by atoms with E-state index >= 15 is 0 Å². The summed E-state index contributed by atoms with van der Waals surface area (Å²) in [5, 5.41) is 8.86. The number of aryl methyl sites for hydroxylation is 1. The third-order valence-electron chi connectivity index (χ3n) is 2.16. The fourth-order valence-electron chi connectivity index (χ4n) is 1.28. The molecule has 1 aromatic heterocycles. The first-order valence-corrected chi connectivity index (χ1v) is 4.64. The van der Waals surface area contributed by atoms with Crippen LogP contribution in [0.5, 0.6) is 0 Å². The summed E-state index contributed by atoms with van der Waals surface area (Å²) in [6.45, 7) is 1.84. The molecular weight excluding hydrogens is 198 g/mol. The Morgan fingerprint density at radius 2 is 2.13 bits per heavy atom. The molecule has 0 radical (unpaired) electrons. The van der Waals surface area contributed by atoms with Crippen LogP contribution in [-0.2, 0) is 13.6 Å². The molecule has 0 saturated heterocycles. The lowest BCUT2D eigenvalue weighted by Gasteiger charge is -2.11. The number of nitrogens with zero attached hydrogens (tertiary/aromatic N) is 2. The van der Waals surface area contributed by atoms with Crippen molar-refractivity contribution >= 4 is 5.69 Å². The van der Waals surface area contributed by atoms with E-state index in [0.717, 1.165) is 4.57 Å². The van der Waals surface area contributed by atoms with Gasteiger partial charge in [-0.05, 0) is 5.92 Å². The molecule has 0 aromatic carbocycles. The number of aliphatic hydroxyl groups excluding tert-OH is 1. The summed E-state index contributed by atoms with van der Waals surface area (Å²) in [6.07, 6.45) is 1.30. The maximum Gasteiger partial charge on any atom is 0.330 e. The second-order valence-electron chi connectivity index (χ2n) is 3.68. The molecule has 0 amide bonds. The maximum atomic E-state index is 11.6. The Morgan fingerprint density at radius 3 is 2.67 bits per heavy atom. The monoisotopic (exact) mass is 213 g/mol. The number of hydrogen-bond acceptors (Lipinski definition) is 4. The van der Waals surface area contributed by atoms with Gasteiger partial charge < -0.3 is 15.4 Å². The molecule has 0 aliphatic rings. The summed E-state index contributed by atoms with van der Waals surface area (Å²) in [5.41, 5.74) is 4.56. The predicted molar refractivity (Wildman–Crippen MR) is 56.6 cm³/mol. The molecule has 0 spiro atoms. The topological polar surface area (TPSA) is 90.2 Å². The van der Waals surface area contributed by atoms with Crippen molar-refractivity contribution in [3.8, 4) is 0 Å². The van der Waals surface area contributed by atoms with E-state index in [1.807, 2.05) is 0 Å². The average Bonchev–Trinajstić information content (AvgIpc) is 2.21. The van der Waals surface area contributed by atoms with Crippen LogP contribution in [0.25, 0.3) is 0 Å². The molecule has 1 heterocycles. The van der Waals surface area contributed by atoms with Crippen LogP contribution in [0.1, 0.15) is 6.92 Å². The molecule has 1 aromatic rings. The minimum absolute atomic E-state index is 0.0299. The first-order valence-electron chi connectivity index (χ1n) is 4.64. The lowest BCUT2D eigenvalue weighted by molar-refractivity contribution is 0.220. The molecule has 3 N–H and O–H groups in total. The zero-order chi connectivity index (χ0) is 11.6. The van der Waals surface area contributed by atoms with Crippen molar-refractivity contribution < 1.29 is 5.11 Å². The van der Waals surface area contributed by atoms with Gasteiger partial charge in [-0.1, -0.05) is 6.92 Å². The average molecular weight is 213 g/mol. The van der Waals surface area contributed by atoms with Crippen LogP contribution >= 0.6 is 0 Å². The van der Waals surface area contributed by atoms with E-state index in [9.17, 15) is 9.59 Å². The Morgan fingerprint density at radius 1 is 1.53 bits per heavy atom. The summed E-state index contributed by atoms with van der Waals surface area (Å²) >= 11 is 0. The molecule has 0 saturated carbocycles. The Labute approximate surface area is 86.6 Å². The van der Waals surface area contributed by atoms with Crippen molar-refractivity contribution in [1.82, 2.24) is 9.13 Å². The van der Waals surface area contributed by atoms with Gasteiger partial charge in [0.05, 0.1) is 0 Å². The van der Waals surface area contributed by atoms with Crippen LogP contribution in [0.3, 0.4) is 0 Å². The van der Waals surface area contributed by atoms with Crippen LogP contribution in [0.4, 0.5) is 5.69 Å². The quantitative estimate of drug-likeness (QED) is 0.657. The summed E-state index contributed by atoms with van der Waals surface area (Å²) in [5.74, 6) is -0.155. The highest BCUT2D eigenvalue weighted by atomic mass is 16.3. The first kappa shape index (κ1) is 11.5. The Bertz CT molecular complexity index is 426. The highest BCUT2D eigenvalue weighted by Gasteiger charge is 2.10. The van der Waals surface area contributed by atoms with Crippen LogP contribution in [0.15, 0.2) is 15.8 Å². The van der Waals surface area contributed by atoms with E-state index in [-0.39, 0.29) is 24.8 Å². The number of hydrogen-bond donors (Lipinski definition) is 2. The molecule has 0 aliphatic carbocycles. The fraction of sp³-hybridized carbons (Fsp3) is 0.556. The van der Waals surface area contributed by atoms with Crippen molar-refractivity contribution in [2.45, 2.75) is 13.5 Å². The second-order valence-corrected chi connectivity index (χ2v) is 3.68. The molecular formula is C9H15N3O3. The molecule has 84 valence electrons. The molecule has 1 atom stereocenters. The minimum Gasteiger partial charge on any atom is -0.396 e. The van der Waals surface area contributed by atoms with Crippen LogP contribution in [0, 0.1) is 5.92 Å². The molecule has 0 fully saturated rings. The summed E-state index contributed by atoms with van der Waals surface area (Å²) in [4.78, 5) is 23.1. The Hall–Kier alpha value is -1.56. The van der Waals surface area contributed by atoms with E-state index in [2.05, 4.69) is 0 Å². The van der Waals surface area contributed by atoms with Crippen LogP contribution < -0.4 is 17.0 Å². The molecule has 6 heteroatoms. The van der Waals surface area contributed by atoms with Crippen molar-refractivity contribution in [3.05, 3.63) is 27.0 Å². The molecule has 1 rings (SSSR count). The van der Waals surface area contributed by atoms with Crippen molar-refractivity contribution in [3.63, 3.8) is 0 Å². The van der Waals surface area contributed by atoms with Gasteiger partial charge in [0.2, 0.25) is 0 Å². The van der Waals surface area contributed by atoms with Crippen molar-refractivity contribution in [2.24, 2.45) is 13.0 Å². The molecule has 0 aliphatic heterocycles.